The molecular weight excluding hydrogens is 912 g/mol. The SMILES string of the molecule is OCC1O[C@@H](O)C(O)[C@@H](O)[C@@H]1O[C@@H]1OC(CO)[C@H](O)[C@H](O[C@@H]2CC(CO)[C@H](O)[C@H](O[C@@H]3CC(CO)[C@H](O)[C@H](O[C@@H]4CC(CO)[C@H](O)[C@H](O[C@@H]5CC(CO)[C@H](O)[C@H](O)C5O)C4O)C3O)C2O)C1O. The summed E-state index contributed by atoms with van der Waals surface area (Å²) in [6, 6.07) is 0. The predicted molar refractivity (Wildman–Crippen MR) is 212 cm³/mol. The largest absolute Gasteiger partial charge is 0.396 e. The lowest BCUT2D eigenvalue weighted by atomic mass is 9.77. The molecule has 20 N–H and O–H groups in total. The standard InChI is InChI=1S/C40H70O27/c41-5-11-1-15(25(51)30(56)21(11)47)61-35-22(48)12(6-42)2-16(26(35)52)62-36-23(49)13(7-43)3-17(27(36)53)63-37-24(50)14(8-44)4-18(28(37)54)64-38-29(55)19(9-45)66-40(33(38)59)67-34-20(10-46)65-39(60)32(58)31(34)57/h11-60H,1-10H2/t11?,12?,13?,14?,15-,16-,17-,18-,19?,20?,21+,22+,23+,24+,25?,26?,27?,28?,29+,30+,31-,32?,33?,34-,35+,36+,37+,38+,39-,40+/m1/s1. The first kappa shape index (κ1) is 55.2. The van der Waals surface area contributed by atoms with E-state index in [0.29, 0.717) is 0 Å². The summed E-state index contributed by atoms with van der Waals surface area (Å²) < 4.78 is 40.4. The molecule has 27 heteroatoms. The van der Waals surface area contributed by atoms with Gasteiger partial charge in [0.25, 0.3) is 0 Å². The molecule has 0 aromatic rings. The van der Waals surface area contributed by atoms with Gasteiger partial charge in [-0.25, -0.2) is 0 Å². The summed E-state index contributed by atoms with van der Waals surface area (Å²) >= 11 is 0. The lowest BCUT2D eigenvalue weighted by Crippen LogP contribution is -2.66. The first-order valence-corrected chi connectivity index (χ1v) is 22.5. The second kappa shape index (κ2) is 23.6. The zero-order chi connectivity index (χ0) is 49.3. The molecule has 392 valence electrons. The highest BCUT2D eigenvalue weighted by Gasteiger charge is 2.56. The molecule has 4 saturated carbocycles. The molecule has 6 aliphatic rings. The molecule has 0 aromatic carbocycles. The zero-order valence-corrected chi connectivity index (χ0v) is 36.2. The van der Waals surface area contributed by atoms with Gasteiger partial charge in [-0.05, 0) is 25.7 Å². The number of hydrogen-bond acceptors (Lipinski definition) is 27. The average Bonchev–Trinajstić information content (AvgIpc) is 3.31. The molecule has 2 saturated heterocycles. The van der Waals surface area contributed by atoms with Gasteiger partial charge in [-0.3, -0.25) is 0 Å². The van der Waals surface area contributed by atoms with E-state index in [1.807, 2.05) is 0 Å². The van der Waals surface area contributed by atoms with E-state index in [9.17, 15) is 102 Å². The Hall–Kier alpha value is -1.08. The Bertz CT molecular complexity index is 1500. The van der Waals surface area contributed by atoms with E-state index in [2.05, 4.69) is 0 Å². The zero-order valence-electron chi connectivity index (χ0n) is 36.2. The van der Waals surface area contributed by atoms with Crippen molar-refractivity contribution in [3.63, 3.8) is 0 Å². The van der Waals surface area contributed by atoms with Crippen LogP contribution >= 0.6 is 0 Å². The minimum Gasteiger partial charge on any atom is -0.396 e. The number of ether oxygens (including phenoxy) is 7. The number of hydrogen-bond donors (Lipinski definition) is 20. The van der Waals surface area contributed by atoms with Crippen LogP contribution in [0.1, 0.15) is 25.7 Å². The highest BCUT2D eigenvalue weighted by atomic mass is 16.7. The van der Waals surface area contributed by atoms with Crippen molar-refractivity contribution in [2.75, 3.05) is 39.6 Å². The predicted octanol–water partition coefficient (Wildman–Crippen LogP) is -11.4. The Morgan fingerprint density at radius 1 is 0.284 bits per heavy atom. The van der Waals surface area contributed by atoms with E-state index in [0.717, 1.165) is 0 Å². The van der Waals surface area contributed by atoms with Crippen molar-refractivity contribution >= 4 is 0 Å². The highest BCUT2D eigenvalue weighted by molar-refractivity contribution is 5.04. The van der Waals surface area contributed by atoms with Crippen LogP contribution < -0.4 is 0 Å². The van der Waals surface area contributed by atoms with Crippen molar-refractivity contribution in [3.8, 4) is 0 Å². The van der Waals surface area contributed by atoms with Crippen LogP contribution in [-0.2, 0) is 33.2 Å². The van der Waals surface area contributed by atoms with Gasteiger partial charge >= 0.3 is 0 Å². The fourth-order valence-electron chi connectivity index (χ4n) is 10.3. The van der Waals surface area contributed by atoms with Crippen LogP contribution in [0.15, 0.2) is 0 Å². The monoisotopic (exact) mass is 982 g/mol. The Labute approximate surface area is 383 Å². The first-order valence-electron chi connectivity index (χ1n) is 22.5. The van der Waals surface area contributed by atoms with Crippen molar-refractivity contribution in [2.45, 2.75) is 185 Å². The molecule has 0 aromatic heterocycles. The Morgan fingerprint density at radius 3 is 1.01 bits per heavy atom. The maximum Gasteiger partial charge on any atom is 0.187 e. The highest BCUT2D eigenvalue weighted by Crippen LogP contribution is 2.40. The molecule has 0 bridgehead atoms. The van der Waals surface area contributed by atoms with Crippen LogP contribution in [-0.4, -0.2) is 301 Å². The lowest BCUT2D eigenvalue weighted by Gasteiger charge is -2.50. The summed E-state index contributed by atoms with van der Waals surface area (Å²) in [5.41, 5.74) is 0. The van der Waals surface area contributed by atoms with Crippen molar-refractivity contribution in [2.24, 2.45) is 23.7 Å². The summed E-state index contributed by atoms with van der Waals surface area (Å²) in [7, 11) is 0. The normalized spacial score (nSPS) is 53.4. The summed E-state index contributed by atoms with van der Waals surface area (Å²) in [4.78, 5) is 0. The second-order valence-corrected chi connectivity index (χ2v) is 18.7. The lowest BCUT2D eigenvalue weighted by molar-refractivity contribution is -0.363. The molecule has 6 rings (SSSR count). The molecule has 0 amide bonds. The molecule has 6 fully saturated rings. The Balaban J connectivity index is 1.18. The van der Waals surface area contributed by atoms with Crippen molar-refractivity contribution in [3.05, 3.63) is 0 Å². The van der Waals surface area contributed by atoms with Gasteiger partial charge in [0.1, 0.15) is 97.7 Å². The molecule has 0 radical (unpaired) electrons. The second-order valence-electron chi connectivity index (χ2n) is 18.7. The molecule has 30 atom stereocenters. The third-order valence-electron chi connectivity index (χ3n) is 14.5. The van der Waals surface area contributed by atoms with E-state index < -0.39 is 222 Å². The minimum absolute atomic E-state index is 0.222. The molecule has 12 unspecified atom stereocenters. The summed E-state index contributed by atoms with van der Waals surface area (Å²) in [5, 5.41) is 214. The van der Waals surface area contributed by atoms with Gasteiger partial charge < -0.3 is 135 Å². The van der Waals surface area contributed by atoms with Crippen molar-refractivity contribution in [1.82, 2.24) is 0 Å². The number of aliphatic hydroxyl groups is 20. The average molecular weight is 983 g/mol. The van der Waals surface area contributed by atoms with Gasteiger partial charge in [0.2, 0.25) is 0 Å². The van der Waals surface area contributed by atoms with E-state index in [-0.39, 0.29) is 25.7 Å². The van der Waals surface area contributed by atoms with E-state index in [4.69, 9.17) is 33.2 Å². The Kier molecular flexibility index (Phi) is 19.5. The van der Waals surface area contributed by atoms with Gasteiger partial charge in [0.05, 0.1) is 62.0 Å². The fraction of sp³-hybridized carbons (Fsp3) is 1.00. The van der Waals surface area contributed by atoms with E-state index in [1.54, 1.807) is 0 Å². The first-order chi connectivity index (χ1) is 31.8. The topological polar surface area (TPSA) is 469 Å². The molecule has 27 nitrogen and oxygen atoms in total. The van der Waals surface area contributed by atoms with Crippen LogP contribution in [0, 0.1) is 23.7 Å². The summed E-state index contributed by atoms with van der Waals surface area (Å²) in [6.07, 6.45) is -45.9. The molecular formula is C40H70O27. The van der Waals surface area contributed by atoms with Gasteiger partial charge in [-0.2, -0.15) is 0 Å². The van der Waals surface area contributed by atoms with Crippen LogP contribution in [0.3, 0.4) is 0 Å². The molecule has 4 aliphatic carbocycles. The van der Waals surface area contributed by atoms with Crippen molar-refractivity contribution in [1.29, 1.82) is 0 Å². The summed E-state index contributed by atoms with van der Waals surface area (Å²) in [6.45, 7) is -4.54. The molecule has 2 aliphatic heterocycles. The smallest absolute Gasteiger partial charge is 0.187 e. The third kappa shape index (κ3) is 11.3. The molecule has 2 heterocycles. The number of aliphatic hydroxyl groups excluding tert-OH is 20. The van der Waals surface area contributed by atoms with Crippen molar-refractivity contribution < 1.29 is 135 Å². The van der Waals surface area contributed by atoms with Gasteiger partial charge in [-0.1, -0.05) is 0 Å². The van der Waals surface area contributed by atoms with Crippen LogP contribution in [0.5, 0.6) is 0 Å². The van der Waals surface area contributed by atoms with Crippen LogP contribution in [0.25, 0.3) is 0 Å². The quantitative estimate of drug-likeness (QED) is 0.0683. The van der Waals surface area contributed by atoms with Gasteiger partial charge in [0.15, 0.2) is 12.6 Å². The van der Waals surface area contributed by atoms with Crippen LogP contribution in [0.2, 0.25) is 0 Å². The maximum absolute atomic E-state index is 11.8. The minimum atomic E-state index is -2.03. The third-order valence-corrected chi connectivity index (χ3v) is 14.5. The molecule has 67 heavy (non-hydrogen) atoms. The van der Waals surface area contributed by atoms with Gasteiger partial charge in [-0.15, -0.1) is 0 Å². The van der Waals surface area contributed by atoms with E-state index >= 15 is 0 Å². The van der Waals surface area contributed by atoms with E-state index in [1.165, 1.54) is 0 Å². The van der Waals surface area contributed by atoms with Gasteiger partial charge in [0, 0.05) is 50.1 Å². The summed E-state index contributed by atoms with van der Waals surface area (Å²) in [5.74, 6) is -4.32. The molecule has 0 spiro atoms. The maximum atomic E-state index is 11.8. The van der Waals surface area contributed by atoms with Crippen LogP contribution in [0.4, 0.5) is 0 Å². The Morgan fingerprint density at radius 2 is 0.642 bits per heavy atom. The number of rotatable bonds is 16. The fourth-order valence-corrected chi connectivity index (χ4v) is 10.3.